The van der Waals surface area contributed by atoms with Gasteiger partial charge in [-0.3, -0.25) is 0 Å². The number of hydrogen-bond acceptors (Lipinski definition) is 3. The Hall–Kier alpha value is -1.81. The molecule has 4 rings (SSSR count). The molecule has 3 heterocycles. The van der Waals surface area contributed by atoms with Crippen molar-refractivity contribution in [1.82, 2.24) is 14.9 Å². The van der Waals surface area contributed by atoms with Crippen LogP contribution in [0, 0.1) is 5.92 Å². The third-order valence-electron chi connectivity index (χ3n) is 5.07. The van der Waals surface area contributed by atoms with Gasteiger partial charge in [0.15, 0.2) is 0 Å². The van der Waals surface area contributed by atoms with Crippen molar-refractivity contribution in [2.75, 3.05) is 25.0 Å². The van der Waals surface area contributed by atoms with Crippen LogP contribution in [-0.4, -0.2) is 29.7 Å². The van der Waals surface area contributed by atoms with Crippen molar-refractivity contribution in [2.45, 2.75) is 32.4 Å². The second kappa shape index (κ2) is 5.76. The Morgan fingerprint density at radius 1 is 1.32 bits per heavy atom. The quantitative estimate of drug-likeness (QED) is 0.939. The van der Waals surface area contributed by atoms with Crippen LogP contribution in [0.2, 0.25) is 0 Å². The Morgan fingerprint density at radius 2 is 2.27 bits per heavy atom. The number of nitrogens with one attached hydrogen (secondary N) is 1. The van der Waals surface area contributed by atoms with Gasteiger partial charge in [-0.05, 0) is 42.5 Å². The van der Waals surface area contributed by atoms with E-state index in [9.17, 15) is 0 Å². The molecule has 4 heteroatoms. The summed E-state index contributed by atoms with van der Waals surface area (Å²) < 4.78 is 2.31. The number of fused-ring (bicyclic) bond motifs is 2. The topological polar surface area (TPSA) is 33.1 Å². The van der Waals surface area contributed by atoms with E-state index in [1.165, 1.54) is 35.5 Å². The second-order valence-corrected chi connectivity index (χ2v) is 6.67. The van der Waals surface area contributed by atoms with E-state index >= 15 is 0 Å². The van der Waals surface area contributed by atoms with Gasteiger partial charge in [0.1, 0.15) is 5.82 Å². The standard InChI is InChI=1S/C18H24N4/c1-21-8-6-16-10-14(2-4-17(16)21)11-19-12-15-3-5-18-20-7-9-22(18)13-15/h2,4,7,9-10,15,19H,3,5-6,8,11-13H2,1H3/t15-/m1/s1. The van der Waals surface area contributed by atoms with E-state index in [1.54, 1.807) is 0 Å². The fourth-order valence-electron chi connectivity index (χ4n) is 3.75. The molecule has 116 valence electrons. The first-order chi connectivity index (χ1) is 10.8. The zero-order valence-corrected chi connectivity index (χ0v) is 13.3. The van der Waals surface area contributed by atoms with Gasteiger partial charge >= 0.3 is 0 Å². The first-order valence-corrected chi connectivity index (χ1v) is 8.33. The smallest absolute Gasteiger partial charge is 0.108 e. The number of aryl methyl sites for hydroxylation is 1. The molecule has 0 bridgehead atoms. The summed E-state index contributed by atoms with van der Waals surface area (Å²) in [5.41, 5.74) is 4.32. The molecule has 0 fully saturated rings. The van der Waals surface area contributed by atoms with Crippen LogP contribution in [0.1, 0.15) is 23.4 Å². The third kappa shape index (κ3) is 2.63. The highest BCUT2D eigenvalue weighted by atomic mass is 15.1. The number of rotatable bonds is 4. The van der Waals surface area contributed by atoms with Crippen LogP contribution >= 0.6 is 0 Å². The van der Waals surface area contributed by atoms with E-state index in [-0.39, 0.29) is 0 Å². The number of imidazole rings is 1. The Kier molecular flexibility index (Phi) is 3.62. The minimum absolute atomic E-state index is 0.724. The molecule has 2 aliphatic rings. The van der Waals surface area contributed by atoms with Crippen molar-refractivity contribution in [1.29, 1.82) is 0 Å². The fraction of sp³-hybridized carbons (Fsp3) is 0.500. The van der Waals surface area contributed by atoms with E-state index in [1.807, 2.05) is 6.20 Å². The van der Waals surface area contributed by atoms with E-state index in [0.29, 0.717) is 0 Å². The number of nitrogens with zero attached hydrogens (tertiary/aromatic N) is 3. The molecular formula is C18H24N4. The van der Waals surface area contributed by atoms with E-state index in [0.717, 1.165) is 38.5 Å². The minimum Gasteiger partial charge on any atom is -0.374 e. The van der Waals surface area contributed by atoms with Crippen LogP contribution in [0.4, 0.5) is 5.69 Å². The zero-order chi connectivity index (χ0) is 14.9. The summed E-state index contributed by atoms with van der Waals surface area (Å²) in [4.78, 5) is 6.74. The molecule has 4 nitrogen and oxygen atoms in total. The first kappa shape index (κ1) is 13.8. The average molecular weight is 296 g/mol. The van der Waals surface area contributed by atoms with Gasteiger partial charge in [0, 0.05) is 51.2 Å². The molecule has 2 aliphatic heterocycles. The number of hydrogen-bond donors (Lipinski definition) is 1. The molecule has 0 unspecified atom stereocenters. The highest BCUT2D eigenvalue weighted by Crippen LogP contribution is 2.27. The van der Waals surface area contributed by atoms with E-state index in [4.69, 9.17) is 0 Å². The molecule has 0 amide bonds. The van der Waals surface area contributed by atoms with Gasteiger partial charge in [-0.1, -0.05) is 12.1 Å². The summed E-state index contributed by atoms with van der Waals surface area (Å²) in [5.74, 6) is 1.97. The molecule has 0 spiro atoms. The summed E-state index contributed by atoms with van der Waals surface area (Å²) in [6.45, 7) is 4.33. The number of aromatic nitrogens is 2. The van der Waals surface area contributed by atoms with Gasteiger partial charge in [0.25, 0.3) is 0 Å². The Bertz CT molecular complexity index is 661. The third-order valence-corrected chi connectivity index (χ3v) is 5.07. The molecule has 0 saturated heterocycles. The average Bonchev–Trinajstić information content (AvgIpc) is 3.14. The van der Waals surface area contributed by atoms with Crippen molar-refractivity contribution in [3.63, 3.8) is 0 Å². The Balaban J connectivity index is 1.31. The number of likely N-dealkylation sites (N-methyl/N-ethyl adjacent to an activating group) is 1. The minimum atomic E-state index is 0.724. The van der Waals surface area contributed by atoms with Gasteiger partial charge in [-0.25, -0.2) is 4.98 Å². The van der Waals surface area contributed by atoms with Gasteiger partial charge in [-0.2, -0.15) is 0 Å². The molecular weight excluding hydrogens is 272 g/mol. The molecule has 0 radical (unpaired) electrons. The summed E-state index contributed by atoms with van der Waals surface area (Å²) in [6, 6.07) is 6.92. The molecule has 1 aromatic carbocycles. The Morgan fingerprint density at radius 3 is 3.23 bits per heavy atom. The first-order valence-electron chi connectivity index (χ1n) is 8.33. The maximum atomic E-state index is 4.40. The predicted molar refractivity (Wildman–Crippen MR) is 89.2 cm³/mol. The Labute approximate surface area is 132 Å². The van der Waals surface area contributed by atoms with Gasteiger partial charge in [0.05, 0.1) is 0 Å². The van der Waals surface area contributed by atoms with Gasteiger partial charge in [-0.15, -0.1) is 0 Å². The van der Waals surface area contributed by atoms with Crippen LogP contribution in [0.3, 0.4) is 0 Å². The number of anilines is 1. The largest absolute Gasteiger partial charge is 0.374 e. The summed E-state index contributed by atoms with van der Waals surface area (Å²) in [6.07, 6.45) is 7.58. The summed E-state index contributed by atoms with van der Waals surface area (Å²) >= 11 is 0. The van der Waals surface area contributed by atoms with Crippen LogP contribution < -0.4 is 10.2 Å². The zero-order valence-electron chi connectivity index (χ0n) is 13.3. The van der Waals surface area contributed by atoms with Crippen LogP contribution in [0.5, 0.6) is 0 Å². The predicted octanol–water partition coefficient (Wildman–Crippen LogP) is 2.23. The molecule has 0 saturated carbocycles. The van der Waals surface area contributed by atoms with Crippen molar-refractivity contribution < 1.29 is 0 Å². The normalized spacial score (nSPS) is 20.0. The highest BCUT2D eigenvalue weighted by Gasteiger charge is 2.18. The molecule has 22 heavy (non-hydrogen) atoms. The summed E-state index contributed by atoms with van der Waals surface area (Å²) in [7, 11) is 2.18. The van der Waals surface area contributed by atoms with Crippen LogP contribution in [0.25, 0.3) is 0 Å². The van der Waals surface area contributed by atoms with Gasteiger partial charge in [0.2, 0.25) is 0 Å². The molecule has 0 aliphatic carbocycles. The van der Waals surface area contributed by atoms with Crippen molar-refractivity contribution in [3.05, 3.63) is 47.5 Å². The van der Waals surface area contributed by atoms with Crippen LogP contribution in [0.15, 0.2) is 30.6 Å². The van der Waals surface area contributed by atoms with Crippen molar-refractivity contribution >= 4 is 5.69 Å². The molecule has 1 N–H and O–H groups in total. The molecule has 1 atom stereocenters. The highest BCUT2D eigenvalue weighted by molar-refractivity contribution is 5.58. The number of benzene rings is 1. The van der Waals surface area contributed by atoms with Crippen molar-refractivity contribution in [3.8, 4) is 0 Å². The lowest BCUT2D eigenvalue weighted by Gasteiger charge is -2.24. The second-order valence-electron chi connectivity index (χ2n) is 6.67. The molecule has 1 aromatic heterocycles. The lowest BCUT2D eigenvalue weighted by atomic mass is 9.99. The monoisotopic (exact) mass is 296 g/mol. The lowest BCUT2D eigenvalue weighted by Crippen LogP contribution is -2.29. The summed E-state index contributed by atoms with van der Waals surface area (Å²) in [5, 5.41) is 3.65. The van der Waals surface area contributed by atoms with E-state index < -0.39 is 0 Å². The fourth-order valence-corrected chi connectivity index (χ4v) is 3.75. The maximum absolute atomic E-state index is 4.40. The van der Waals surface area contributed by atoms with E-state index in [2.05, 4.69) is 51.2 Å². The van der Waals surface area contributed by atoms with Gasteiger partial charge < -0.3 is 14.8 Å². The molecule has 2 aromatic rings. The van der Waals surface area contributed by atoms with Crippen molar-refractivity contribution in [2.24, 2.45) is 5.92 Å². The SMILES string of the molecule is CN1CCc2cc(CNC[C@H]3CCc4nccn4C3)ccc21. The van der Waals surface area contributed by atoms with Crippen LogP contribution in [-0.2, 0) is 25.9 Å². The maximum Gasteiger partial charge on any atom is 0.108 e. The lowest BCUT2D eigenvalue weighted by molar-refractivity contribution is 0.347.